The number of aliphatic carboxylic acids is 1. The van der Waals surface area contributed by atoms with Gasteiger partial charge < -0.3 is 10.4 Å². The Morgan fingerprint density at radius 2 is 2.00 bits per heavy atom. The fraction of sp³-hybridized carbons (Fsp3) is 0.333. The van der Waals surface area contributed by atoms with Gasteiger partial charge in [-0.15, -0.1) is 11.8 Å². The molecule has 1 aromatic carbocycles. The van der Waals surface area contributed by atoms with Crippen molar-refractivity contribution in [1.82, 2.24) is 0 Å². The number of carboxylic acid groups (broad SMARTS) is 1. The van der Waals surface area contributed by atoms with Crippen LogP contribution in [-0.4, -0.2) is 28.0 Å². The van der Waals surface area contributed by atoms with Gasteiger partial charge in [0.05, 0.1) is 5.75 Å². The second kappa shape index (κ2) is 7.00. The van der Waals surface area contributed by atoms with E-state index >= 15 is 0 Å². The minimum absolute atomic E-state index is 0.0577. The summed E-state index contributed by atoms with van der Waals surface area (Å²) in [6.45, 7) is 1.75. The molecule has 1 atom stereocenters. The van der Waals surface area contributed by atoms with Crippen molar-refractivity contribution in [1.29, 1.82) is 0 Å². The second-order valence-corrected chi connectivity index (χ2v) is 4.79. The number of hydrogen-bond acceptors (Lipinski definition) is 3. The van der Waals surface area contributed by atoms with Gasteiger partial charge in [-0.25, -0.2) is 4.39 Å². The molecule has 0 aliphatic carbocycles. The Morgan fingerprint density at radius 3 is 2.50 bits per heavy atom. The van der Waals surface area contributed by atoms with Crippen molar-refractivity contribution in [2.45, 2.75) is 18.6 Å². The summed E-state index contributed by atoms with van der Waals surface area (Å²) < 4.78 is 12.6. The predicted molar refractivity (Wildman–Crippen MR) is 69.2 cm³/mol. The van der Waals surface area contributed by atoms with Crippen molar-refractivity contribution in [2.75, 3.05) is 11.1 Å². The lowest BCUT2D eigenvalue weighted by Crippen LogP contribution is -2.20. The molecule has 0 saturated carbocycles. The van der Waals surface area contributed by atoms with Gasteiger partial charge in [-0.2, -0.15) is 0 Å². The van der Waals surface area contributed by atoms with E-state index in [1.165, 1.54) is 24.3 Å². The van der Waals surface area contributed by atoms with Gasteiger partial charge in [0, 0.05) is 5.69 Å². The Balaban J connectivity index is 2.42. The monoisotopic (exact) mass is 271 g/mol. The molecule has 0 spiro atoms. The van der Waals surface area contributed by atoms with Crippen LogP contribution in [0.15, 0.2) is 24.3 Å². The number of halogens is 1. The fourth-order valence-electron chi connectivity index (χ4n) is 1.27. The van der Waals surface area contributed by atoms with Crippen molar-refractivity contribution in [2.24, 2.45) is 0 Å². The summed E-state index contributed by atoms with van der Waals surface area (Å²) in [4.78, 5) is 22.3. The highest BCUT2D eigenvalue weighted by Gasteiger charge is 2.16. The third kappa shape index (κ3) is 4.75. The molecular weight excluding hydrogens is 257 g/mol. The quantitative estimate of drug-likeness (QED) is 0.833. The number of rotatable bonds is 6. The number of hydrogen-bond donors (Lipinski definition) is 2. The lowest BCUT2D eigenvalue weighted by atomic mass is 10.3. The number of nitrogens with one attached hydrogen (secondary N) is 1. The summed E-state index contributed by atoms with van der Waals surface area (Å²) in [5.41, 5.74) is 0.491. The van der Waals surface area contributed by atoms with Crippen molar-refractivity contribution in [3.8, 4) is 0 Å². The van der Waals surface area contributed by atoms with Crippen LogP contribution in [0.4, 0.5) is 10.1 Å². The molecule has 0 aromatic heterocycles. The molecule has 0 bridgehead atoms. The van der Waals surface area contributed by atoms with E-state index in [-0.39, 0.29) is 17.5 Å². The maximum atomic E-state index is 12.6. The van der Waals surface area contributed by atoms with Gasteiger partial charge in [-0.3, -0.25) is 9.59 Å². The number of carbonyl (C=O) groups is 2. The minimum atomic E-state index is -0.919. The Morgan fingerprint density at radius 1 is 1.39 bits per heavy atom. The van der Waals surface area contributed by atoms with Gasteiger partial charge in [0.25, 0.3) is 0 Å². The highest BCUT2D eigenvalue weighted by Crippen LogP contribution is 2.15. The number of carbonyl (C=O) groups excluding carboxylic acids is 1. The standard InChI is InChI=1S/C12H14FNO3S/c1-2-10(12(16)17)18-7-11(15)14-9-5-3-8(13)4-6-9/h3-6,10H,2,7H2,1H3,(H,14,15)(H,16,17). The number of thioether (sulfide) groups is 1. The Kier molecular flexibility index (Phi) is 5.64. The molecule has 0 aliphatic heterocycles. The van der Waals surface area contributed by atoms with Crippen molar-refractivity contribution >= 4 is 29.3 Å². The lowest BCUT2D eigenvalue weighted by Gasteiger charge is -2.09. The van der Waals surface area contributed by atoms with Gasteiger partial charge >= 0.3 is 5.97 Å². The minimum Gasteiger partial charge on any atom is -0.480 e. The highest BCUT2D eigenvalue weighted by atomic mass is 32.2. The van der Waals surface area contributed by atoms with E-state index in [9.17, 15) is 14.0 Å². The van der Waals surface area contributed by atoms with Crippen LogP contribution in [0.1, 0.15) is 13.3 Å². The summed E-state index contributed by atoms with van der Waals surface area (Å²) in [5.74, 6) is -1.54. The van der Waals surface area contributed by atoms with Gasteiger partial charge in [-0.1, -0.05) is 6.92 Å². The second-order valence-electron chi connectivity index (χ2n) is 3.60. The first-order valence-electron chi connectivity index (χ1n) is 5.42. The van der Waals surface area contributed by atoms with Crippen molar-refractivity contribution < 1.29 is 19.1 Å². The third-order valence-electron chi connectivity index (χ3n) is 2.19. The molecule has 1 amide bonds. The zero-order chi connectivity index (χ0) is 13.5. The first-order chi connectivity index (χ1) is 8.52. The SMILES string of the molecule is CCC(SCC(=O)Nc1ccc(F)cc1)C(=O)O. The lowest BCUT2D eigenvalue weighted by molar-refractivity contribution is -0.136. The van der Waals surface area contributed by atoms with Crippen LogP contribution in [0.5, 0.6) is 0 Å². The number of benzene rings is 1. The molecule has 2 N–H and O–H groups in total. The number of carboxylic acids is 1. The Hall–Kier alpha value is -1.56. The van der Waals surface area contributed by atoms with Crippen molar-refractivity contribution in [3.05, 3.63) is 30.1 Å². The molecule has 6 heteroatoms. The summed E-state index contributed by atoms with van der Waals surface area (Å²) in [5, 5.41) is 10.8. The topological polar surface area (TPSA) is 66.4 Å². The van der Waals surface area contributed by atoms with Crippen LogP contribution in [0.25, 0.3) is 0 Å². The summed E-state index contributed by atoms with van der Waals surface area (Å²) in [6.07, 6.45) is 0.462. The van der Waals surface area contributed by atoms with E-state index in [1.54, 1.807) is 6.92 Å². The molecule has 98 valence electrons. The van der Waals surface area contributed by atoms with E-state index in [1.807, 2.05) is 0 Å². The molecular formula is C12H14FNO3S. The Labute approximate surface area is 109 Å². The van der Waals surface area contributed by atoms with Crippen LogP contribution < -0.4 is 5.32 Å². The van der Waals surface area contributed by atoms with E-state index in [2.05, 4.69) is 5.32 Å². The molecule has 1 rings (SSSR count). The Bertz CT molecular complexity index is 422. The van der Waals surface area contributed by atoms with Crippen LogP contribution in [0.3, 0.4) is 0 Å². The van der Waals surface area contributed by atoms with Crippen LogP contribution >= 0.6 is 11.8 Å². The maximum absolute atomic E-state index is 12.6. The number of amides is 1. The third-order valence-corrected chi connectivity index (χ3v) is 3.56. The zero-order valence-electron chi connectivity index (χ0n) is 9.85. The molecule has 0 radical (unpaired) electrons. The van der Waals surface area contributed by atoms with E-state index in [4.69, 9.17) is 5.11 Å². The highest BCUT2D eigenvalue weighted by molar-refractivity contribution is 8.01. The van der Waals surface area contributed by atoms with Gasteiger partial charge in [-0.05, 0) is 30.7 Å². The van der Waals surface area contributed by atoms with E-state index in [0.717, 1.165) is 11.8 Å². The van der Waals surface area contributed by atoms with E-state index < -0.39 is 11.2 Å². The largest absolute Gasteiger partial charge is 0.480 e. The summed E-state index contributed by atoms with van der Waals surface area (Å²) in [6, 6.07) is 5.39. The van der Waals surface area contributed by atoms with Gasteiger partial charge in [0.2, 0.25) is 5.91 Å². The predicted octanol–water partition coefficient (Wildman–Crippen LogP) is 2.36. The van der Waals surface area contributed by atoms with Crippen LogP contribution in [-0.2, 0) is 9.59 Å². The van der Waals surface area contributed by atoms with Crippen molar-refractivity contribution in [3.63, 3.8) is 0 Å². The molecule has 1 aromatic rings. The summed E-state index contributed by atoms with van der Waals surface area (Å²) in [7, 11) is 0. The fourth-order valence-corrected chi connectivity index (χ4v) is 2.07. The first kappa shape index (κ1) is 14.5. The number of anilines is 1. The smallest absolute Gasteiger partial charge is 0.316 e. The molecule has 0 heterocycles. The van der Waals surface area contributed by atoms with Gasteiger partial charge in [0.15, 0.2) is 0 Å². The zero-order valence-corrected chi connectivity index (χ0v) is 10.7. The average Bonchev–Trinajstić information content (AvgIpc) is 2.32. The molecule has 0 aliphatic rings. The maximum Gasteiger partial charge on any atom is 0.316 e. The molecule has 0 saturated heterocycles. The molecule has 0 fully saturated rings. The summed E-state index contributed by atoms with van der Waals surface area (Å²) >= 11 is 1.07. The molecule has 1 unspecified atom stereocenters. The van der Waals surface area contributed by atoms with E-state index in [0.29, 0.717) is 12.1 Å². The molecule has 4 nitrogen and oxygen atoms in total. The normalized spacial score (nSPS) is 11.9. The van der Waals surface area contributed by atoms with Crippen LogP contribution in [0, 0.1) is 5.82 Å². The van der Waals surface area contributed by atoms with Gasteiger partial charge in [0.1, 0.15) is 11.1 Å². The first-order valence-corrected chi connectivity index (χ1v) is 6.47. The molecule has 18 heavy (non-hydrogen) atoms. The average molecular weight is 271 g/mol. The van der Waals surface area contributed by atoms with Crippen LogP contribution in [0.2, 0.25) is 0 Å².